The molecule has 1 fully saturated rings. The molecule has 0 aromatic rings. The Labute approximate surface area is 87.8 Å². The van der Waals surface area contributed by atoms with Crippen molar-refractivity contribution >= 4 is 0 Å². The summed E-state index contributed by atoms with van der Waals surface area (Å²) < 4.78 is 5.57. The van der Waals surface area contributed by atoms with Crippen LogP contribution in [0.2, 0.25) is 0 Å². The molecule has 0 unspecified atom stereocenters. The molecule has 1 aliphatic rings. The fraction of sp³-hybridized carbons (Fsp3) is 1.00. The molecule has 1 saturated heterocycles. The Morgan fingerprint density at radius 1 is 1.14 bits per heavy atom. The maximum absolute atomic E-state index is 5.57. The van der Waals surface area contributed by atoms with E-state index >= 15 is 0 Å². The van der Waals surface area contributed by atoms with E-state index in [1.165, 1.54) is 38.8 Å². The van der Waals surface area contributed by atoms with Crippen molar-refractivity contribution in [2.45, 2.75) is 25.7 Å². The van der Waals surface area contributed by atoms with E-state index < -0.39 is 0 Å². The van der Waals surface area contributed by atoms with Gasteiger partial charge < -0.3 is 15.0 Å². The SMILES string of the molecule is CNCCCCOCCN1CCCC1. The summed E-state index contributed by atoms with van der Waals surface area (Å²) in [7, 11) is 1.99. The van der Waals surface area contributed by atoms with E-state index in [1.807, 2.05) is 7.05 Å². The van der Waals surface area contributed by atoms with Crippen molar-refractivity contribution in [1.29, 1.82) is 0 Å². The molecule has 0 aromatic carbocycles. The molecule has 1 heterocycles. The number of nitrogens with zero attached hydrogens (tertiary/aromatic N) is 1. The minimum atomic E-state index is 0.916. The van der Waals surface area contributed by atoms with Crippen molar-refractivity contribution < 1.29 is 4.74 Å². The van der Waals surface area contributed by atoms with Crippen LogP contribution in [0.25, 0.3) is 0 Å². The van der Waals surface area contributed by atoms with Crippen molar-refractivity contribution in [2.75, 3.05) is 46.4 Å². The van der Waals surface area contributed by atoms with Gasteiger partial charge in [0.1, 0.15) is 0 Å². The van der Waals surface area contributed by atoms with Crippen LogP contribution in [0.4, 0.5) is 0 Å². The predicted octanol–water partition coefficient (Wildman–Crippen LogP) is 1.10. The van der Waals surface area contributed by atoms with Gasteiger partial charge in [0.05, 0.1) is 6.61 Å². The summed E-state index contributed by atoms with van der Waals surface area (Å²) in [5.41, 5.74) is 0. The molecule has 0 spiro atoms. The van der Waals surface area contributed by atoms with Gasteiger partial charge in [-0.25, -0.2) is 0 Å². The Morgan fingerprint density at radius 3 is 2.64 bits per heavy atom. The highest BCUT2D eigenvalue weighted by Crippen LogP contribution is 2.05. The zero-order chi connectivity index (χ0) is 10.1. The van der Waals surface area contributed by atoms with Crippen LogP contribution in [0.15, 0.2) is 0 Å². The third kappa shape index (κ3) is 5.58. The van der Waals surface area contributed by atoms with Gasteiger partial charge in [-0.2, -0.15) is 0 Å². The molecule has 3 nitrogen and oxygen atoms in total. The number of likely N-dealkylation sites (tertiary alicyclic amines) is 1. The van der Waals surface area contributed by atoms with Crippen LogP contribution in [0.5, 0.6) is 0 Å². The Kier molecular flexibility index (Phi) is 7.01. The first-order valence-corrected chi connectivity index (χ1v) is 5.88. The Hall–Kier alpha value is -0.120. The Morgan fingerprint density at radius 2 is 1.93 bits per heavy atom. The van der Waals surface area contributed by atoms with E-state index in [4.69, 9.17) is 4.74 Å². The normalized spacial score (nSPS) is 17.8. The fourth-order valence-electron chi connectivity index (χ4n) is 1.81. The lowest BCUT2D eigenvalue weighted by Crippen LogP contribution is -2.24. The van der Waals surface area contributed by atoms with Crippen LogP contribution in [-0.4, -0.2) is 51.3 Å². The summed E-state index contributed by atoms with van der Waals surface area (Å²) in [6.45, 7) is 6.64. The second-order valence-electron chi connectivity index (χ2n) is 3.97. The molecule has 84 valence electrons. The third-order valence-electron chi connectivity index (χ3n) is 2.72. The molecular weight excluding hydrogens is 176 g/mol. The van der Waals surface area contributed by atoms with Crippen molar-refractivity contribution in [2.24, 2.45) is 0 Å². The number of ether oxygens (including phenoxy) is 1. The van der Waals surface area contributed by atoms with Gasteiger partial charge in [0.25, 0.3) is 0 Å². The van der Waals surface area contributed by atoms with E-state index in [2.05, 4.69) is 10.2 Å². The molecule has 3 heteroatoms. The summed E-state index contributed by atoms with van der Waals surface area (Å²) in [5, 5.41) is 3.14. The number of hydrogen-bond acceptors (Lipinski definition) is 3. The Bertz CT molecular complexity index is 124. The van der Waals surface area contributed by atoms with Gasteiger partial charge in [0, 0.05) is 13.2 Å². The molecule has 1 N–H and O–H groups in total. The van der Waals surface area contributed by atoms with E-state index in [9.17, 15) is 0 Å². The first kappa shape index (κ1) is 12.0. The molecule has 1 rings (SSSR count). The van der Waals surface area contributed by atoms with Crippen molar-refractivity contribution in [3.8, 4) is 0 Å². The second kappa shape index (κ2) is 8.21. The number of unbranched alkanes of at least 4 members (excludes halogenated alkanes) is 1. The maximum Gasteiger partial charge on any atom is 0.0593 e. The monoisotopic (exact) mass is 200 g/mol. The summed E-state index contributed by atoms with van der Waals surface area (Å²) in [5.74, 6) is 0. The Balaban J connectivity index is 1.75. The van der Waals surface area contributed by atoms with Gasteiger partial charge in [-0.15, -0.1) is 0 Å². The summed E-state index contributed by atoms with van der Waals surface area (Å²) in [6, 6.07) is 0. The van der Waals surface area contributed by atoms with Crippen molar-refractivity contribution in [3.63, 3.8) is 0 Å². The summed E-state index contributed by atoms with van der Waals surface area (Å²) in [4.78, 5) is 2.49. The van der Waals surface area contributed by atoms with Crippen LogP contribution in [0.3, 0.4) is 0 Å². The van der Waals surface area contributed by atoms with Gasteiger partial charge in [-0.3, -0.25) is 0 Å². The van der Waals surface area contributed by atoms with E-state index in [0.29, 0.717) is 0 Å². The average Bonchev–Trinajstić information content (AvgIpc) is 2.69. The highest BCUT2D eigenvalue weighted by molar-refractivity contribution is 4.64. The van der Waals surface area contributed by atoms with E-state index in [1.54, 1.807) is 0 Å². The van der Waals surface area contributed by atoms with Gasteiger partial charge in [-0.05, 0) is 52.4 Å². The van der Waals surface area contributed by atoms with Gasteiger partial charge in [0.15, 0.2) is 0 Å². The number of hydrogen-bond donors (Lipinski definition) is 1. The first-order valence-electron chi connectivity index (χ1n) is 5.88. The average molecular weight is 200 g/mol. The van der Waals surface area contributed by atoms with Gasteiger partial charge >= 0.3 is 0 Å². The van der Waals surface area contributed by atoms with Crippen molar-refractivity contribution in [3.05, 3.63) is 0 Å². The molecule has 0 amide bonds. The third-order valence-corrected chi connectivity index (χ3v) is 2.72. The molecule has 0 aromatic heterocycles. The molecule has 0 aliphatic carbocycles. The summed E-state index contributed by atoms with van der Waals surface area (Å²) in [6.07, 6.45) is 5.16. The number of rotatable bonds is 8. The van der Waals surface area contributed by atoms with Crippen LogP contribution < -0.4 is 5.32 Å². The van der Waals surface area contributed by atoms with Crippen LogP contribution >= 0.6 is 0 Å². The lowest BCUT2D eigenvalue weighted by molar-refractivity contribution is 0.108. The van der Waals surface area contributed by atoms with Crippen molar-refractivity contribution in [1.82, 2.24) is 10.2 Å². The standard InChI is InChI=1S/C11H24N2O/c1-12-6-2-5-10-14-11-9-13-7-3-4-8-13/h12H,2-11H2,1H3. The molecule has 14 heavy (non-hydrogen) atoms. The lowest BCUT2D eigenvalue weighted by atomic mass is 10.3. The van der Waals surface area contributed by atoms with E-state index in [0.717, 1.165) is 26.3 Å². The molecule has 1 aliphatic heterocycles. The summed E-state index contributed by atoms with van der Waals surface area (Å²) >= 11 is 0. The zero-order valence-corrected chi connectivity index (χ0v) is 9.43. The molecule has 0 atom stereocenters. The van der Waals surface area contributed by atoms with Crippen LogP contribution in [-0.2, 0) is 4.74 Å². The highest BCUT2D eigenvalue weighted by Gasteiger charge is 2.09. The molecule has 0 bridgehead atoms. The molecule has 0 saturated carbocycles. The van der Waals surface area contributed by atoms with Crippen LogP contribution in [0, 0.1) is 0 Å². The minimum Gasteiger partial charge on any atom is -0.380 e. The quantitative estimate of drug-likeness (QED) is 0.594. The smallest absolute Gasteiger partial charge is 0.0593 e. The first-order chi connectivity index (χ1) is 6.93. The fourth-order valence-corrected chi connectivity index (χ4v) is 1.81. The zero-order valence-electron chi connectivity index (χ0n) is 9.43. The van der Waals surface area contributed by atoms with Gasteiger partial charge in [-0.1, -0.05) is 0 Å². The van der Waals surface area contributed by atoms with Crippen LogP contribution in [0.1, 0.15) is 25.7 Å². The minimum absolute atomic E-state index is 0.916. The maximum atomic E-state index is 5.57. The largest absolute Gasteiger partial charge is 0.380 e. The topological polar surface area (TPSA) is 24.5 Å². The van der Waals surface area contributed by atoms with E-state index in [-0.39, 0.29) is 0 Å². The number of nitrogens with one attached hydrogen (secondary N) is 1. The second-order valence-corrected chi connectivity index (χ2v) is 3.97. The van der Waals surface area contributed by atoms with Gasteiger partial charge in [0.2, 0.25) is 0 Å². The molecular formula is C11H24N2O. The molecule has 0 radical (unpaired) electrons. The lowest BCUT2D eigenvalue weighted by Gasteiger charge is -2.14. The highest BCUT2D eigenvalue weighted by atomic mass is 16.5. The predicted molar refractivity (Wildman–Crippen MR) is 59.7 cm³/mol.